The van der Waals surface area contributed by atoms with Gasteiger partial charge in [0.05, 0.1) is 23.0 Å². The van der Waals surface area contributed by atoms with Gasteiger partial charge < -0.3 is 14.2 Å². The van der Waals surface area contributed by atoms with Crippen LogP contribution in [0, 0.1) is 6.92 Å². The molecule has 0 saturated carbocycles. The number of thiazole rings is 1. The first-order chi connectivity index (χ1) is 11.6. The molecule has 0 N–H and O–H groups in total. The molecule has 128 valence electrons. The SMILES string of the molecule is Cc1ncsc1CCC(=O)N1CCCN(C(=O)c2ccoc2)CC1. The van der Waals surface area contributed by atoms with Gasteiger partial charge in [-0.25, -0.2) is 4.98 Å². The van der Waals surface area contributed by atoms with Gasteiger partial charge in [-0.3, -0.25) is 9.59 Å². The van der Waals surface area contributed by atoms with Crippen LogP contribution in [-0.2, 0) is 11.2 Å². The van der Waals surface area contributed by atoms with E-state index in [4.69, 9.17) is 4.42 Å². The highest BCUT2D eigenvalue weighted by Crippen LogP contribution is 2.16. The second-order valence-electron chi connectivity index (χ2n) is 5.90. The van der Waals surface area contributed by atoms with Crippen molar-refractivity contribution in [3.05, 3.63) is 40.2 Å². The Kier molecular flexibility index (Phi) is 5.30. The van der Waals surface area contributed by atoms with E-state index in [1.807, 2.05) is 17.3 Å². The number of nitrogens with zero attached hydrogens (tertiary/aromatic N) is 3. The predicted octanol–water partition coefficient (Wildman–Crippen LogP) is 2.35. The average Bonchev–Trinajstić information content (AvgIpc) is 3.18. The van der Waals surface area contributed by atoms with E-state index in [0.29, 0.717) is 38.2 Å². The predicted molar refractivity (Wildman–Crippen MR) is 91.0 cm³/mol. The number of carbonyl (C=O) groups is 2. The Balaban J connectivity index is 1.52. The number of aromatic nitrogens is 1. The van der Waals surface area contributed by atoms with Crippen LogP contribution in [-0.4, -0.2) is 52.8 Å². The minimum absolute atomic E-state index is 0.0293. The fourth-order valence-electron chi connectivity index (χ4n) is 2.88. The molecule has 1 aliphatic rings. The summed E-state index contributed by atoms with van der Waals surface area (Å²) in [7, 11) is 0. The van der Waals surface area contributed by atoms with Crippen LogP contribution in [0.5, 0.6) is 0 Å². The van der Waals surface area contributed by atoms with Gasteiger partial charge in [0.25, 0.3) is 5.91 Å². The highest BCUT2D eigenvalue weighted by atomic mass is 32.1. The topological polar surface area (TPSA) is 66.7 Å². The van der Waals surface area contributed by atoms with Crippen molar-refractivity contribution in [2.75, 3.05) is 26.2 Å². The second kappa shape index (κ2) is 7.61. The zero-order valence-corrected chi connectivity index (χ0v) is 14.6. The van der Waals surface area contributed by atoms with Crippen molar-refractivity contribution in [1.29, 1.82) is 0 Å². The Bertz CT molecular complexity index is 696. The molecule has 24 heavy (non-hydrogen) atoms. The van der Waals surface area contributed by atoms with Crippen LogP contribution < -0.4 is 0 Å². The minimum atomic E-state index is -0.0293. The van der Waals surface area contributed by atoms with Crippen LogP contribution in [0.15, 0.2) is 28.5 Å². The van der Waals surface area contributed by atoms with Crippen LogP contribution >= 0.6 is 11.3 Å². The van der Waals surface area contributed by atoms with Gasteiger partial charge in [-0.1, -0.05) is 0 Å². The molecule has 7 heteroatoms. The zero-order chi connectivity index (χ0) is 16.9. The third-order valence-corrected chi connectivity index (χ3v) is 5.31. The first kappa shape index (κ1) is 16.7. The molecule has 0 aromatic carbocycles. The fourth-order valence-corrected chi connectivity index (χ4v) is 3.66. The van der Waals surface area contributed by atoms with E-state index in [0.717, 1.165) is 18.5 Å². The number of aryl methyl sites for hydroxylation is 2. The standard InChI is InChI=1S/C17H21N3O3S/c1-13-15(24-12-18-13)3-4-16(21)19-6-2-7-20(9-8-19)17(22)14-5-10-23-11-14/h5,10-12H,2-4,6-9H2,1H3. The fraction of sp³-hybridized carbons (Fsp3) is 0.471. The van der Waals surface area contributed by atoms with E-state index < -0.39 is 0 Å². The van der Waals surface area contributed by atoms with Crippen molar-refractivity contribution < 1.29 is 14.0 Å². The van der Waals surface area contributed by atoms with E-state index in [1.165, 1.54) is 17.4 Å². The summed E-state index contributed by atoms with van der Waals surface area (Å²) >= 11 is 1.60. The molecule has 1 aliphatic heterocycles. The van der Waals surface area contributed by atoms with Crippen LogP contribution in [0.2, 0.25) is 0 Å². The van der Waals surface area contributed by atoms with E-state index in [2.05, 4.69) is 4.98 Å². The van der Waals surface area contributed by atoms with Crippen LogP contribution in [0.1, 0.15) is 33.8 Å². The van der Waals surface area contributed by atoms with E-state index >= 15 is 0 Å². The van der Waals surface area contributed by atoms with Crippen LogP contribution in [0.25, 0.3) is 0 Å². The van der Waals surface area contributed by atoms with Gasteiger partial charge in [-0.05, 0) is 25.8 Å². The molecule has 3 heterocycles. The van der Waals surface area contributed by atoms with Crippen molar-refractivity contribution in [3.63, 3.8) is 0 Å². The second-order valence-corrected chi connectivity index (χ2v) is 6.84. The third-order valence-electron chi connectivity index (χ3n) is 4.31. The molecule has 2 amide bonds. The van der Waals surface area contributed by atoms with Crippen molar-refractivity contribution in [2.24, 2.45) is 0 Å². The van der Waals surface area contributed by atoms with Crippen molar-refractivity contribution >= 4 is 23.2 Å². The van der Waals surface area contributed by atoms with Crippen molar-refractivity contribution in [1.82, 2.24) is 14.8 Å². The molecule has 3 rings (SSSR count). The quantitative estimate of drug-likeness (QED) is 0.851. The highest BCUT2D eigenvalue weighted by molar-refractivity contribution is 7.09. The van der Waals surface area contributed by atoms with Crippen molar-refractivity contribution in [3.8, 4) is 0 Å². The summed E-state index contributed by atoms with van der Waals surface area (Å²) < 4.78 is 4.98. The van der Waals surface area contributed by atoms with Gasteiger partial charge in [0.15, 0.2) is 0 Å². The molecule has 6 nitrogen and oxygen atoms in total. The van der Waals surface area contributed by atoms with Crippen LogP contribution in [0.3, 0.4) is 0 Å². The number of hydrogen-bond acceptors (Lipinski definition) is 5. The Morgan fingerprint density at radius 3 is 2.75 bits per heavy atom. The Morgan fingerprint density at radius 1 is 1.25 bits per heavy atom. The van der Waals surface area contributed by atoms with E-state index in [1.54, 1.807) is 22.3 Å². The lowest BCUT2D eigenvalue weighted by atomic mass is 10.2. The third kappa shape index (κ3) is 3.84. The lowest BCUT2D eigenvalue weighted by Crippen LogP contribution is -2.37. The maximum Gasteiger partial charge on any atom is 0.257 e. The molecular formula is C17H21N3O3S. The molecule has 0 unspecified atom stereocenters. The van der Waals surface area contributed by atoms with Gasteiger partial charge in [0.1, 0.15) is 6.26 Å². The molecule has 0 atom stereocenters. The molecule has 2 aromatic heterocycles. The lowest BCUT2D eigenvalue weighted by Gasteiger charge is -2.22. The summed E-state index contributed by atoms with van der Waals surface area (Å²) in [6, 6.07) is 1.67. The summed E-state index contributed by atoms with van der Waals surface area (Å²) in [5.41, 5.74) is 3.40. The smallest absolute Gasteiger partial charge is 0.257 e. The molecular weight excluding hydrogens is 326 g/mol. The first-order valence-electron chi connectivity index (χ1n) is 8.13. The summed E-state index contributed by atoms with van der Waals surface area (Å²) in [6.45, 7) is 4.50. The summed E-state index contributed by atoms with van der Waals surface area (Å²) in [6.07, 6.45) is 5.01. The molecule has 1 saturated heterocycles. The Morgan fingerprint density at radius 2 is 2.04 bits per heavy atom. The van der Waals surface area contributed by atoms with Crippen molar-refractivity contribution in [2.45, 2.75) is 26.2 Å². The molecule has 0 bridgehead atoms. The van der Waals surface area contributed by atoms with E-state index in [-0.39, 0.29) is 11.8 Å². The Labute approximate surface area is 145 Å². The van der Waals surface area contributed by atoms with Gasteiger partial charge in [0.2, 0.25) is 5.91 Å². The Hall–Kier alpha value is -2.15. The summed E-state index contributed by atoms with van der Waals surface area (Å²) in [5.74, 6) is 0.124. The number of amides is 2. The maximum atomic E-state index is 12.5. The molecule has 0 radical (unpaired) electrons. The molecule has 2 aromatic rings. The first-order valence-corrected chi connectivity index (χ1v) is 9.01. The normalized spacial score (nSPS) is 15.4. The largest absolute Gasteiger partial charge is 0.472 e. The monoisotopic (exact) mass is 347 g/mol. The van der Waals surface area contributed by atoms with Gasteiger partial charge >= 0.3 is 0 Å². The minimum Gasteiger partial charge on any atom is -0.472 e. The van der Waals surface area contributed by atoms with Crippen LogP contribution in [0.4, 0.5) is 0 Å². The van der Waals surface area contributed by atoms with Gasteiger partial charge in [-0.15, -0.1) is 11.3 Å². The maximum absolute atomic E-state index is 12.5. The zero-order valence-electron chi connectivity index (χ0n) is 13.7. The van der Waals surface area contributed by atoms with Gasteiger partial charge in [-0.2, -0.15) is 0 Å². The highest BCUT2D eigenvalue weighted by Gasteiger charge is 2.23. The summed E-state index contributed by atoms with van der Waals surface area (Å²) in [4.78, 5) is 33.9. The number of carbonyl (C=O) groups excluding carboxylic acids is 2. The molecule has 0 spiro atoms. The molecule has 0 aliphatic carbocycles. The van der Waals surface area contributed by atoms with E-state index in [9.17, 15) is 9.59 Å². The summed E-state index contributed by atoms with van der Waals surface area (Å²) in [5, 5.41) is 0. The average molecular weight is 347 g/mol. The molecule has 1 fully saturated rings. The number of hydrogen-bond donors (Lipinski definition) is 0. The lowest BCUT2D eigenvalue weighted by molar-refractivity contribution is -0.131. The number of furan rings is 1. The van der Waals surface area contributed by atoms with Gasteiger partial charge in [0, 0.05) is 37.5 Å². The number of rotatable bonds is 4.